The van der Waals surface area contributed by atoms with Crippen molar-refractivity contribution in [1.29, 1.82) is 0 Å². The lowest BCUT2D eigenvalue weighted by Crippen LogP contribution is -2.11. The highest BCUT2D eigenvalue weighted by Crippen LogP contribution is 2.23. The number of carboxylic acid groups (broad SMARTS) is 1. The normalized spacial score (nSPS) is 10.1. The summed E-state index contributed by atoms with van der Waals surface area (Å²) in [7, 11) is 1.51. The first-order valence-corrected chi connectivity index (χ1v) is 6.49. The number of rotatable bonds is 4. The van der Waals surface area contributed by atoms with Crippen LogP contribution in [0.4, 0.5) is 5.13 Å². The van der Waals surface area contributed by atoms with Crippen LogP contribution in [0.5, 0.6) is 5.75 Å². The van der Waals surface area contributed by atoms with Gasteiger partial charge in [0.1, 0.15) is 10.6 Å². The molecule has 0 bridgehead atoms. The van der Waals surface area contributed by atoms with E-state index in [1.54, 1.807) is 31.2 Å². The Bertz CT molecular complexity index is 666. The second-order valence-corrected chi connectivity index (χ2v) is 4.92. The number of aryl methyl sites for hydroxylation is 1. The number of methoxy groups -OCH3 is 1. The van der Waals surface area contributed by atoms with E-state index in [4.69, 9.17) is 9.84 Å². The van der Waals surface area contributed by atoms with Gasteiger partial charge in [-0.05, 0) is 25.1 Å². The molecule has 0 saturated heterocycles. The number of aromatic nitrogens is 1. The monoisotopic (exact) mass is 292 g/mol. The summed E-state index contributed by atoms with van der Waals surface area (Å²) in [5, 5.41) is 11.8. The van der Waals surface area contributed by atoms with Crippen LogP contribution in [0.15, 0.2) is 24.3 Å². The van der Waals surface area contributed by atoms with E-state index in [-0.39, 0.29) is 15.9 Å². The van der Waals surface area contributed by atoms with Gasteiger partial charge in [0.05, 0.1) is 12.8 Å². The van der Waals surface area contributed by atoms with E-state index in [0.29, 0.717) is 17.0 Å². The number of thiazole rings is 1. The average molecular weight is 292 g/mol. The van der Waals surface area contributed by atoms with Gasteiger partial charge in [-0.3, -0.25) is 10.1 Å². The summed E-state index contributed by atoms with van der Waals surface area (Å²) in [5.74, 6) is -0.851. The Morgan fingerprint density at radius 1 is 1.40 bits per heavy atom. The number of hydrogen-bond acceptors (Lipinski definition) is 5. The summed E-state index contributed by atoms with van der Waals surface area (Å²) in [6.07, 6.45) is 0. The number of hydrogen-bond donors (Lipinski definition) is 2. The minimum absolute atomic E-state index is 0.117. The van der Waals surface area contributed by atoms with Crippen molar-refractivity contribution in [3.63, 3.8) is 0 Å². The summed E-state index contributed by atoms with van der Waals surface area (Å²) < 4.78 is 5.04. The van der Waals surface area contributed by atoms with E-state index in [9.17, 15) is 9.59 Å². The summed E-state index contributed by atoms with van der Waals surface area (Å²) in [5.41, 5.74) is 0.789. The number of aromatic carboxylic acids is 1. The molecule has 0 atom stereocenters. The molecule has 2 N–H and O–H groups in total. The largest absolute Gasteiger partial charge is 0.497 e. The first-order chi connectivity index (χ1) is 9.51. The maximum atomic E-state index is 12.0. The first kappa shape index (κ1) is 14.0. The lowest BCUT2D eigenvalue weighted by molar-refractivity contribution is 0.0701. The predicted octanol–water partition coefficient (Wildman–Crippen LogP) is 2.41. The van der Waals surface area contributed by atoms with E-state index in [1.165, 1.54) is 7.11 Å². The van der Waals surface area contributed by atoms with Gasteiger partial charge in [-0.15, -0.1) is 0 Å². The van der Waals surface area contributed by atoms with Gasteiger partial charge in [0, 0.05) is 5.56 Å². The topological polar surface area (TPSA) is 88.5 Å². The molecule has 7 heteroatoms. The second kappa shape index (κ2) is 5.70. The molecule has 104 valence electrons. The van der Waals surface area contributed by atoms with E-state index in [0.717, 1.165) is 11.3 Å². The molecule has 0 radical (unpaired) electrons. The number of nitrogens with one attached hydrogen (secondary N) is 1. The minimum atomic E-state index is -1.05. The highest BCUT2D eigenvalue weighted by molar-refractivity contribution is 7.17. The van der Waals surface area contributed by atoms with Crippen LogP contribution in [0.3, 0.4) is 0 Å². The van der Waals surface area contributed by atoms with Gasteiger partial charge in [-0.25, -0.2) is 9.78 Å². The standard InChI is InChI=1S/C13H12N2O4S/c1-7-10(12(17)18)20-13(14-7)15-11(16)8-4-3-5-9(6-8)19-2/h3-6H,1-2H3,(H,17,18)(H,14,15,16). The van der Waals surface area contributed by atoms with E-state index in [2.05, 4.69) is 10.3 Å². The maximum absolute atomic E-state index is 12.0. The molecule has 2 aromatic rings. The van der Waals surface area contributed by atoms with Gasteiger partial charge in [-0.1, -0.05) is 17.4 Å². The minimum Gasteiger partial charge on any atom is -0.497 e. The van der Waals surface area contributed by atoms with Gasteiger partial charge in [-0.2, -0.15) is 0 Å². The molecule has 0 aliphatic rings. The number of carbonyl (C=O) groups excluding carboxylic acids is 1. The molecular weight excluding hydrogens is 280 g/mol. The molecule has 6 nitrogen and oxygen atoms in total. The zero-order chi connectivity index (χ0) is 14.7. The van der Waals surface area contributed by atoms with Gasteiger partial charge < -0.3 is 9.84 Å². The fourth-order valence-corrected chi connectivity index (χ4v) is 2.38. The van der Waals surface area contributed by atoms with Crippen LogP contribution in [0.1, 0.15) is 25.7 Å². The predicted molar refractivity (Wildman–Crippen MR) is 74.8 cm³/mol. The number of carboxylic acids is 1. The van der Waals surface area contributed by atoms with Crippen molar-refractivity contribution in [2.75, 3.05) is 12.4 Å². The Morgan fingerprint density at radius 2 is 2.15 bits per heavy atom. The number of anilines is 1. The van der Waals surface area contributed by atoms with Crippen molar-refractivity contribution >= 4 is 28.3 Å². The Labute approximate surface area is 119 Å². The third-order valence-electron chi connectivity index (χ3n) is 2.54. The summed E-state index contributed by atoms with van der Waals surface area (Å²) in [6.45, 7) is 1.58. The molecule has 1 heterocycles. The Balaban J connectivity index is 2.19. The fraction of sp³-hybridized carbons (Fsp3) is 0.154. The van der Waals surface area contributed by atoms with Gasteiger partial charge >= 0.3 is 5.97 Å². The summed E-state index contributed by atoms with van der Waals surface area (Å²) >= 11 is 0.927. The molecule has 2 rings (SSSR count). The van der Waals surface area contributed by atoms with Gasteiger partial charge in [0.15, 0.2) is 5.13 Å². The average Bonchev–Trinajstić information content (AvgIpc) is 2.79. The van der Waals surface area contributed by atoms with Crippen LogP contribution in [-0.2, 0) is 0 Å². The van der Waals surface area contributed by atoms with Crippen molar-refractivity contribution in [2.24, 2.45) is 0 Å². The molecule has 0 fully saturated rings. The molecule has 1 aromatic carbocycles. The SMILES string of the molecule is COc1cccc(C(=O)Nc2nc(C)c(C(=O)O)s2)c1. The zero-order valence-electron chi connectivity index (χ0n) is 10.8. The van der Waals surface area contributed by atoms with Crippen molar-refractivity contribution in [3.8, 4) is 5.75 Å². The molecule has 20 heavy (non-hydrogen) atoms. The lowest BCUT2D eigenvalue weighted by atomic mass is 10.2. The number of amides is 1. The smallest absolute Gasteiger partial charge is 0.347 e. The molecule has 0 saturated carbocycles. The third kappa shape index (κ3) is 2.94. The van der Waals surface area contributed by atoms with Crippen molar-refractivity contribution < 1.29 is 19.4 Å². The molecule has 1 amide bonds. The van der Waals surface area contributed by atoms with E-state index < -0.39 is 5.97 Å². The van der Waals surface area contributed by atoms with Crippen molar-refractivity contribution in [2.45, 2.75) is 6.92 Å². The molecular formula is C13H12N2O4S. The first-order valence-electron chi connectivity index (χ1n) is 5.67. The second-order valence-electron chi connectivity index (χ2n) is 3.92. The summed E-state index contributed by atoms with van der Waals surface area (Å²) in [6, 6.07) is 6.65. The Morgan fingerprint density at radius 3 is 2.75 bits per heavy atom. The number of nitrogens with zero attached hydrogens (tertiary/aromatic N) is 1. The van der Waals surface area contributed by atoms with E-state index >= 15 is 0 Å². The quantitative estimate of drug-likeness (QED) is 0.903. The number of benzene rings is 1. The van der Waals surface area contributed by atoms with Gasteiger partial charge in [0.25, 0.3) is 5.91 Å². The lowest BCUT2D eigenvalue weighted by Gasteiger charge is -2.04. The highest BCUT2D eigenvalue weighted by Gasteiger charge is 2.16. The van der Waals surface area contributed by atoms with E-state index in [1.807, 2.05) is 0 Å². The molecule has 0 aliphatic carbocycles. The van der Waals surface area contributed by atoms with Crippen LogP contribution in [-0.4, -0.2) is 29.1 Å². The highest BCUT2D eigenvalue weighted by atomic mass is 32.1. The fourth-order valence-electron chi connectivity index (χ4n) is 1.58. The van der Waals surface area contributed by atoms with Crippen LogP contribution in [0.2, 0.25) is 0 Å². The number of ether oxygens (including phenoxy) is 1. The maximum Gasteiger partial charge on any atom is 0.347 e. The van der Waals surface area contributed by atoms with Crippen molar-refractivity contribution in [3.05, 3.63) is 40.4 Å². The molecule has 0 spiro atoms. The summed E-state index contributed by atoms with van der Waals surface area (Å²) in [4.78, 5) is 27.1. The molecule has 0 unspecified atom stereocenters. The van der Waals surface area contributed by atoms with Crippen LogP contribution < -0.4 is 10.1 Å². The Kier molecular flexibility index (Phi) is 3.99. The molecule has 1 aromatic heterocycles. The van der Waals surface area contributed by atoms with Crippen molar-refractivity contribution in [1.82, 2.24) is 4.98 Å². The van der Waals surface area contributed by atoms with Crippen LogP contribution >= 0.6 is 11.3 Å². The third-order valence-corrected chi connectivity index (χ3v) is 3.60. The van der Waals surface area contributed by atoms with Gasteiger partial charge in [0.2, 0.25) is 0 Å². The van der Waals surface area contributed by atoms with Crippen LogP contribution in [0.25, 0.3) is 0 Å². The zero-order valence-corrected chi connectivity index (χ0v) is 11.7. The van der Waals surface area contributed by atoms with Crippen LogP contribution in [0, 0.1) is 6.92 Å². The Hall–Kier alpha value is -2.41. The molecule has 0 aliphatic heterocycles. The number of carbonyl (C=O) groups is 2.